The highest BCUT2D eigenvalue weighted by atomic mass is 16.3. The Kier molecular flexibility index (Phi) is 3.70. The molecule has 0 bridgehead atoms. The van der Waals surface area contributed by atoms with Crippen LogP contribution in [0.15, 0.2) is 24.3 Å². The molecule has 3 fully saturated rings. The maximum Gasteiger partial charge on any atom is 0.155 e. The lowest BCUT2D eigenvalue weighted by molar-refractivity contribution is -0.217. The summed E-state index contributed by atoms with van der Waals surface area (Å²) < 4.78 is 0. The monoisotopic (exact) mass is 344 g/mol. The number of hydrogen-bond acceptors (Lipinski definition) is 3. The molecule has 0 radical (unpaired) electrons. The van der Waals surface area contributed by atoms with E-state index in [0.29, 0.717) is 31.6 Å². The van der Waals surface area contributed by atoms with Crippen molar-refractivity contribution in [2.75, 3.05) is 0 Å². The van der Waals surface area contributed by atoms with Crippen molar-refractivity contribution in [2.24, 2.45) is 22.7 Å². The van der Waals surface area contributed by atoms with Crippen LogP contribution in [0, 0.1) is 22.7 Å². The fraction of sp³-hybridized carbons (Fsp3) is 0.773. The SMILES string of the molecule is C=CCC1(O)CC[C@@]2(O)[C@@H]3CCC4=CC(=O)CC[C@]4(C)[C@@H]3CC[C@]12C. The number of aliphatic hydroxyl groups is 2. The molecule has 0 heterocycles. The van der Waals surface area contributed by atoms with E-state index in [4.69, 9.17) is 0 Å². The van der Waals surface area contributed by atoms with E-state index >= 15 is 0 Å². The van der Waals surface area contributed by atoms with Crippen LogP contribution in [0.4, 0.5) is 0 Å². The average Bonchev–Trinajstić information content (AvgIpc) is 2.77. The molecular weight excluding hydrogens is 312 g/mol. The predicted molar refractivity (Wildman–Crippen MR) is 97.9 cm³/mol. The van der Waals surface area contributed by atoms with Crippen molar-refractivity contribution in [3.63, 3.8) is 0 Å². The van der Waals surface area contributed by atoms with Gasteiger partial charge in [-0.1, -0.05) is 25.5 Å². The molecule has 4 aliphatic rings. The summed E-state index contributed by atoms with van der Waals surface area (Å²) in [6, 6.07) is 0. The van der Waals surface area contributed by atoms with E-state index < -0.39 is 16.6 Å². The van der Waals surface area contributed by atoms with Gasteiger partial charge >= 0.3 is 0 Å². The fourth-order valence-corrected chi connectivity index (χ4v) is 7.21. The molecule has 1 unspecified atom stereocenters. The van der Waals surface area contributed by atoms with Crippen LogP contribution in [-0.2, 0) is 4.79 Å². The van der Waals surface area contributed by atoms with E-state index in [1.807, 2.05) is 6.08 Å². The minimum atomic E-state index is -0.839. The normalized spacial score (nSPS) is 52.0. The third-order valence-electron chi connectivity index (χ3n) is 8.94. The van der Waals surface area contributed by atoms with E-state index in [9.17, 15) is 15.0 Å². The molecule has 3 nitrogen and oxygen atoms in total. The van der Waals surface area contributed by atoms with Gasteiger partial charge in [-0.15, -0.1) is 6.58 Å². The van der Waals surface area contributed by atoms with Gasteiger partial charge in [-0.2, -0.15) is 0 Å². The van der Waals surface area contributed by atoms with Crippen LogP contribution in [-0.4, -0.2) is 27.2 Å². The predicted octanol–water partition coefficient (Wildman–Crippen LogP) is 3.94. The van der Waals surface area contributed by atoms with Crippen LogP contribution >= 0.6 is 0 Å². The summed E-state index contributed by atoms with van der Waals surface area (Å²) in [5.41, 5.74) is -0.737. The van der Waals surface area contributed by atoms with Gasteiger partial charge in [0, 0.05) is 11.8 Å². The molecule has 0 aliphatic heterocycles. The minimum Gasteiger partial charge on any atom is -0.389 e. The molecule has 0 saturated heterocycles. The molecule has 25 heavy (non-hydrogen) atoms. The Morgan fingerprint density at radius 2 is 1.88 bits per heavy atom. The van der Waals surface area contributed by atoms with E-state index in [-0.39, 0.29) is 17.1 Å². The van der Waals surface area contributed by atoms with Crippen molar-refractivity contribution in [1.29, 1.82) is 0 Å². The Morgan fingerprint density at radius 3 is 2.60 bits per heavy atom. The second kappa shape index (κ2) is 5.29. The largest absolute Gasteiger partial charge is 0.389 e. The Morgan fingerprint density at radius 1 is 1.12 bits per heavy atom. The summed E-state index contributed by atoms with van der Waals surface area (Å²) in [7, 11) is 0. The maximum absolute atomic E-state index is 11.9. The molecule has 0 spiro atoms. The summed E-state index contributed by atoms with van der Waals surface area (Å²) in [6.45, 7) is 8.26. The summed E-state index contributed by atoms with van der Waals surface area (Å²) >= 11 is 0. The number of fused-ring (bicyclic) bond motifs is 5. The zero-order chi connectivity index (χ0) is 18.1. The van der Waals surface area contributed by atoms with Gasteiger partial charge in [0.1, 0.15) is 0 Å². The van der Waals surface area contributed by atoms with Crippen molar-refractivity contribution in [2.45, 2.75) is 82.8 Å². The molecule has 3 heteroatoms. The Labute approximate surface area is 151 Å². The first-order valence-corrected chi connectivity index (χ1v) is 10.00. The van der Waals surface area contributed by atoms with Gasteiger partial charge in [0.15, 0.2) is 5.78 Å². The molecule has 0 aromatic carbocycles. The first-order chi connectivity index (χ1) is 11.7. The van der Waals surface area contributed by atoms with Crippen LogP contribution < -0.4 is 0 Å². The third-order valence-corrected chi connectivity index (χ3v) is 8.94. The smallest absolute Gasteiger partial charge is 0.155 e. The van der Waals surface area contributed by atoms with Crippen LogP contribution in [0.2, 0.25) is 0 Å². The summed E-state index contributed by atoms with van der Waals surface area (Å²) in [5, 5.41) is 23.2. The standard InChI is InChI=1S/C22H32O3/c1-4-9-21(24)12-13-22(25)18-6-5-15-14-16(23)7-10-19(15,2)17(18)8-11-20(21,22)3/h4,14,17-18,24-25H,1,5-13H2,2-3H3/t17-,18-,19+,20-,21?,22-/m1/s1. The average molecular weight is 344 g/mol. The van der Waals surface area contributed by atoms with Gasteiger partial charge in [0.25, 0.3) is 0 Å². The van der Waals surface area contributed by atoms with Gasteiger partial charge in [-0.25, -0.2) is 0 Å². The fourth-order valence-electron chi connectivity index (χ4n) is 7.21. The van der Waals surface area contributed by atoms with Crippen LogP contribution in [0.3, 0.4) is 0 Å². The topological polar surface area (TPSA) is 57.5 Å². The molecule has 3 saturated carbocycles. The van der Waals surface area contributed by atoms with E-state index in [1.165, 1.54) is 5.57 Å². The lowest BCUT2D eigenvalue weighted by Crippen LogP contribution is -2.64. The Bertz CT molecular complexity index is 652. The van der Waals surface area contributed by atoms with Crippen molar-refractivity contribution < 1.29 is 15.0 Å². The van der Waals surface area contributed by atoms with Crippen molar-refractivity contribution in [1.82, 2.24) is 0 Å². The minimum absolute atomic E-state index is 0.0486. The van der Waals surface area contributed by atoms with E-state index in [1.54, 1.807) is 6.08 Å². The zero-order valence-corrected chi connectivity index (χ0v) is 15.7. The molecule has 2 N–H and O–H groups in total. The molecule has 0 aromatic rings. The lowest BCUT2D eigenvalue weighted by Gasteiger charge is -2.62. The highest BCUT2D eigenvalue weighted by Crippen LogP contribution is 2.69. The van der Waals surface area contributed by atoms with E-state index in [0.717, 1.165) is 32.1 Å². The molecule has 6 atom stereocenters. The number of carbonyl (C=O) groups excluding carboxylic acids is 1. The molecule has 0 amide bonds. The maximum atomic E-state index is 11.9. The van der Waals surface area contributed by atoms with Gasteiger partial charge in [0.05, 0.1) is 11.2 Å². The zero-order valence-electron chi connectivity index (χ0n) is 15.7. The summed E-state index contributed by atoms with van der Waals surface area (Å²) in [5.74, 6) is 0.914. The molecule has 4 aliphatic carbocycles. The second-order valence-corrected chi connectivity index (χ2v) is 9.62. The number of rotatable bonds is 2. The van der Waals surface area contributed by atoms with Gasteiger partial charge in [-0.3, -0.25) is 4.79 Å². The first-order valence-electron chi connectivity index (χ1n) is 10.00. The quantitative estimate of drug-likeness (QED) is 0.746. The van der Waals surface area contributed by atoms with Crippen molar-refractivity contribution >= 4 is 5.78 Å². The van der Waals surface area contributed by atoms with Gasteiger partial charge in [0.2, 0.25) is 0 Å². The van der Waals surface area contributed by atoms with E-state index in [2.05, 4.69) is 20.4 Å². The van der Waals surface area contributed by atoms with Crippen molar-refractivity contribution in [3.8, 4) is 0 Å². The van der Waals surface area contributed by atoms with Gasteiger partial charge < -0.3 is 10.2 Å². The third kappa shape index (κ3) is 2.03. The Balaban J connectivity index is 1.73. The number of hydrogen-bond donors (Lipinski definition) is 2. The molecular formula is C22H32O3. The van der Waals surface area contributed by atoms with Crippen LogP contribution in [0.5, 0.6) is 0 Å². The van der Waals surface area contributed by atoms with Crippen molar-refractivity contribution in [3.05, 3.63) is 24.3 Å². The molecule has 138 valence electrons. The van der Waals surface area contributed by atoms with Gasteiger partial charge in [-0.05, 0) is 74.7 Å². The highest BCUT2D eigenvalue weighted by molar-refractivity contribution is 5.91. The number of allylic oxidation sites excluding steroid dienone is 1. The lowest BCUT2D eigenvalue weighted by atomic mass is 9.44. The Hall–Kier alpha value is -0.930. The second-order valence-electron chi connectivity index (χ2n) is 9.62. The number of ketones is 1. The summed E-state index contributed by atoms with van der Waals surface area (Å²) in [6.07, 6.45) is 10.9. The van der Waals surface area contributed by atoms with Crippen LogP contribution in [0.1, 0.15) is 71.6 Å². The highest BCUT2D eigenvalue weighted by Gasteiger charge is 2.70. The first kappa shape index (κ1) is 17.5. The molecule has 0 aromatic heterocycles. The van der Waals surface area contributed by atoms with Crippen LogP contribution in [0.25, 0.3) is 0 Å². The summed E-state index contributed by atoms with van der Waals surface area (Å²) in [4.78, 5) is 11.9. The molecule has 4 rings (SSSR count). The number of carbonyl (C=O) groups is 1.